The van der Waals surface area contributed by atoms with E-state index in [-0.39, 0.29) is 0 Å². The summed E-state index contributed by atoms with van der Waals surface area (Å²) in [6.07, 6.45) is 19.6. The Morgan fingerprint density at radius 2 is 1.16 bits per heavy atom. The van der Waals surface area contributed by atoms with Crippen molar-refractivity contribution in [3.05, 3.63) is 0 Å². The van der Waals surface area contributed by atoms with Gasteiger partial charge in [0.1, 0.15) is 6.29 Å². The largest absolute Gasteiger partial charge is 0.303 e. The van der Waals surface area contributed by atoms with Crippen molar-refractivity contribution >= 4 is 6.29 Å². The van der Waals surface area contributed by atoms with Crippen molar-refractivity contribution in [1.82, 2.24) is 0 Å². The molecule has 0 spiro atoms. The smallest absolute Gasteiger partial charge is 0.119 e. The van der Waals surface area contributed by atoms with Crippen LogP contribution in [0.25, 0.3) is 0 Å². The molecule has 1 nitrogen and oxygen atoms in total. The van der Waals surface area contributed by atoms with E-state index in [1.165, 1.54) is 77.0 Å². The van der Waals surface area contributed by atoms with Gasteiger partial charge in [0, 0.05) is 6.42 Å². The maximum atomic E-state index is 10.1. The van der Waals surface area contributed by atoms with Crippen LogP contribution < -0.4 is 0 Å². The molecule has 0 aliphatic carbocycles. The Balaban J connectivity index is 2.97. The number of aldehydes is 1. The Kier molecular flexibility index (Phi) is 15.5. The highest BCUT2D eigenvalue weighted by Crippen LogP contribution is 2.15. The van der Waals surface area contributed by atoms with Gasteiger partial charge in [0.05, 0.1) is 0 Å². The molecule has 0 heterocycles. The van der Waals surface area contributed by atoms with E-state index in [1.807, 2.05) is 0 Å². The zero-order valence-corrected chi connectivity index (χ0v) is 13.5. The van der Waals surface area contributed by atoms with Crippen LogP contribution in [0.5, 0.6) is 0 Å². The highest BCUT2D eigenvalue weighted by Gasteiger charge is 1.98. The molecule has 0 aliphatic heterocycles. The first kappa shape index (κ1) is 18.7. The average Bonchev–Trinajstić information content (AvgIpc) is 2.43. The minimum Gasteiger partial charge on any atom is -0.303 e. The Morgan fingerprint density at radius 3 is 1.58 bits per heavy atom. The molecule has 0 radical (unpaired) electrons. The maximum absolute atomic E-state index is 10.1. The van der Waals surface area contributed by atoms with Crippen LogP contribution in [0, 0.1) is 5.92 Å². The second-order valence-corrected chi connectivity index (χ2v) is 6.15. The van der Waals surface area contributed by atoms with Crippen molar-refractivity contribution in [2.45, 2.75) is 104 Å². The summed E-state index contributed by atoms with van der Waals surface area (Å²) in [7, 11) is 0. The molecule has 0 aromatic carbocycles. The van der Waals surface area contributed by atoms with Gasteiger partial charge in [-0.15, -0.1) is 0 Å². The number of unbranched alkanes of at least 4 members (excludes halogenated alkanes) is 11. The van der Waals surface area contributed by atoms with Crippen LogP contribution >= 0.6 is 0 Å². The summed E-state index contributed by atoms with van der Waals surface area (Å²) in [6, 6.07) is 0. The molecule has 0 aromatic heterocycles. The normalized spacial score (nSPS) is 12.5. The third kappa shape index (κ3) is 15.6. The lowest BCUT2D eigenvalue weighted by atomic mass is 9.99. The highest BCUT2D eigenvalue weighted by atomic mass is 16.1. The number of hydrogen-bond donors (Lipinski definition) is 0. The molecule has 1 atom stereocenters. The Bertz CT molecular complexity index is 177. The zero-order chi connectivity index (χ0) is 14.2. The Labute approximate surface area is 121 Å². The summed E-state index contributed by atoms with van der Waals surface area (Å²) in [6.45, 7) is 4.67. The molecule has 0 bridgehead atoms. The second kappa shape index (κ2) is 15.7. The first-order chi connectivity index (χ1) is 9.31. The van der Waals surface area contributed by atoms with Crippen LogP contribution in [-0.2, 0) is 4.79 Å². The summed E-state index contributed by atoms with van der Waals surface area (Å²) in [5.41, 5.74) is 0. The molecule has 0 N–H and O–H groups in total. The van der Waals surface area contributed by atoms with E-state index >= 15 is 0 Å². The highest BCUT2D eigenvalue weighted by molar-refractivity contribution is 5.48. The minimum atomic E-state index is 0.761. The second-order valence-electron chi connectivity index (χ2n) is 6.15. The third-order valence-electron chi connectivity index (χ3n) is 4.22. The maximum Gasteiger partial charge on any atom is 0.119 e. The van der Waals surface area contributed by atoms with Crippen LogP contribution in [0.4, 0.5) is 0 Å². The van der Waals surface area contributed by atoms with Crippen molar-refractivity contribution < 1.29 is 4.79 Å². The fourth-order valence-electron chi connectivity index (χ4n) is 2.52. The lowest BCUT2D eigenvalue weighted by Gasteiger charge is -2.07. The number of carbonyl (C=O) groups excluding carboxylic acids is 1. The topological polar surface area (TPSA) is 17.1 Å². The van der Waals surface area contributed by atoms with E-state index in [1.54, 1.807) is 0 Å². The average molecular weight is 268 g/mol. The van der Waals surface area contributed by atoms with Crippen LogP contribution in [0.3, 0.4) is 0 Å². The van der Waals surface area contributed by atoms with Gasteiger partial charge in [-0.2, -0.15) is 0 Å². The van der Waals surface area contributed by atoms with Gasteiger partial charge in [-0.1, -0.05) is 90.9 Å². The number of hydrogen-bond acceptors (Lipinski definition) is 1. The minimum absolute atomic E-state index is 0.761. The summed E-state index contributed by atoms with van der Waals surface area (Å²) in [5.74, 6) is 0.930. The first-order valence-electron chi connectivity index (χ1n) is 8.74. The van der Waals surface area contributed by atoms with Gasteiger partial charge >= 0.3 is 0 Å². The van der Waals surface area contributed by atoms with Gasteiger partial charge in [0.25, 0.3) is 0 Å². The fourth-order valence-corrected chi connectivity index (χ4v) is 2.52. The molecule has 0 aromatic rings. The van der Waals surface area contributed by atoms with Crippen LogP contribution in [0.15, 0.2) is 0 Å². The SMILES string of the molecule is CCC(C)CCCCCCCCCCCCCC=O. The molecule has 114 valence electrons. The summed E-state index contributed by atoms with van der Waals surface area (Å²) in [4.78, 5) is 10.1. The number of rotatable bonds is 15. The molecule has 1 unspecified atom stereocenters. The molecule has 1 heteroatoms. The first-order valence-corrected chi connectivity index (χ1v) is 8.74. The van der Waals surface area contributed by atoms with Gasteiger partial charge < -0.3 is 4.79 Å². The lowest BCUT2D eigenvalue weighted by Crippen LogP contribution is -1.91. The number of carbonyl (C=O) groups is 1. The van der Waals surface area contributed by atoms with Crippen molar-refractivity contribution in [1.29, 1.82) is 0 Å². The predicted molar refractivity (Wildman–Crippen MR) is 85.5 cm³/mol. The van der Waals surface area contributed by atoms with E-state index in [2.05, 4.69) is 13.8 Å². The van der Waals surface area contributed by atoms with Gasteiger partial charge in [-0.3, -0.25) is 0 Å². The van der Waals surface area contributed by atoms with E-state index in [0.717, 1.165) is 25.0 Å². The zero-order valence-electron chi connectivity index (χ0n) is 13.5. The van der Waals surface area contributed by atoms with E-state index in [9.17, 15) is 4.79 Å². The molecule has 0 amide bonds. The van der Waals surface area contributed by atoms with Gasteiger partial charge in [0.15, 0.2) is 0 Å². The fraction of sp³-hybridized carbons (Fsp3) is 0.944. The summed E-state index contributed by atoms with van der Waals surface area (Å²) in [5, 5.41) is 0. The molecule has 19 heavy (non-hydrogen) atoms. The molecule has 0 aliphatic rings. The Hall–Kier alpha value is -0.330. The van der Waals surface area contributed by atoms with Gasteiger partial charge in [-0.25, -0.2) is 0 Å². The van der Waals surface area contributed by atoms with Crippen LogP contribution in [0.1, 0.15) is 104 Å². The molecular weight excluding hydrogens is 232 g/mol. The molecule has 0 saturated heterocycles. The van der Waals surface area contributed by atoms with Gasteiger partial charge in [0.2, 0.25) is 0 Å². The monoisotopic (exact) mass is 268 g/mol. The van der Waals surface area contributed by atoms with Crippen molar-refractivity contribution in [2.75, 3.05) is 0 Å². The third-order valence-corrected chi connectivity index (χ3v) is 4.22. The standard InChI is InChI=1S/C18H36O/c1-3-18(2)16-14-12-10-8-6-4-5-7-9-11-13-15-17-19/h17-18H,3-16H2,1-2H3. The van der Waals surface area contributed by atoms with Gasteiger partial charge in [-0.05, 0) is 12.3 Å². The van der Waals surface area contributed by atoms with Crippen molar-refractivity contribution in [3.8, 4) is 0 Å². The molecule has 0 fully saturated rings. The summed E-state index contributed by atoms with van der Waals surface area (Å²) < 4.78 is 0. The van der Waals surface area contributed by atoms with E-state index in [0.29, 0.717) is 0 Å². The molecular formula is C18H36O. The summed E-state index contributed by atoms with van der Waals surface area (Å²) >= 11 is 0. The Morgan fingerprint density at radius 1 is 0.737 bits per heavy atom. The lowest BCUT2D eigenvalue weighted by molar-refractivity contribution is -0.107. The van der Waals surface area contributed by atoms with Crippen LogP contribution in [0.2, 0.25) is 0 Å². The predicted octanol–water partition coefficient (Wildman–Crippen LogP) is 6.30. The van der Waals surface area contributed by atoms with E-state index < -0.39 is 0 Å². The van der Waals surface area contributed by atoms with E-state index in [4.69, 9.17) is 0 Å². The van der Waals surface area contributed by atoms with Crippen LogP contribution in [-0.4, -0.2) is 6.29 Å². The molecule has 0 saturated carbocycles. The quantitative estimate of drug-likeness (QED) is 0.251. The van der Waals surface area contributed by atoms with Crippen molar-refractivity contribution in [2.24, 2.45) is 5.92 Å². The molecule has 0 rings (SSSR count). The van der Waals surface area contributed by atoms with Crippen molar-refractivity contribution in [3.63, 3.8) is 0 Å².